The molecule has 1 aromatic carbocycles. The number of piperidine rings is 1. The monoisotopic (exact) mass is 607 g/mol. The molecule has 0 radical (unpaired) electrons. The van der Waals surface area contributed by atoms with Crippen molar-refractivity contribution in [1.29, 1.82) is 0 Å². The molecule has 2 fully saturated rings. The average Bonchev–Trinajstić information content (AvgIpc) is 2.92. The van der Waals surface area contributed by atoms with Crippen molar-refractivity contribution < 1.29 is 48.0 Å². The number of benzene rings is 1. The Labute approximate surface area is 246 Å². The Morgan fingerprint density at radius 2 is 1.74 bits per heavy atom. The van der Waals surface area contributed by atoms with E-state index >= 15 is 0 Å². The lowest BCUT2D eigenvalue weighted by atomic mass is 9.57. The zero-order valence-electron chi connectivity index (χ0n) is 23.1. The Kier molecular flexibility index (Phi) is 8.57. The van der Waals surface area contributed by atoms with E-state index in [-0.39, 0.29) is 37.9 Å². The van der Waals surface area contributed by atoms with Crippen molar-refractivity contribution in [2.24, 2.45) is 17.6 Å². The zero-order chi connectivity index (χ0) is 30.8. The van der Waals surface area contributed by atoms with Gasteiger partial charge in [0.25, 0.3) is 5.91 Å². The van der Waals surface area contributed by atoms with Gasteiger partial charge in [-0.15, -0.1) is 0 Å². The first-order valence-corrected chi connectivity index (χ1v) is 13.7. The number of nitrogens with two attached hydrogens (primary N) is 1. The summed E-state index contributed by atoms with van der Waals surface area (Å²) in [7, 11) is 2.91. The first kappa shape index (κ1) is 32.2. The van der Waals surface area contributed by atoms with Crippen molar-refractivity contribution in [2.45, 2.75) is 57.7 Å². The van der Waals surface area contributed by atoms with Gasteiger partial charge in [-0.3, -0.25) is 24.2 Å². The molecule has 5 rings (SSSR count). The third kappa shape index (κ3) is 4.83. The zero-order valence-corrected chi connectivity index (χ0v) is 23.1. The van der Waals surface area contributed by atoms with Gasteiger partial charge in [0, 0.05) is 29.2 Å². The average molecular weight is 608 g/mol. The number of halogens is 3. The smallest absolute Gasteiger partial charge is 0.306 e. The predicted octanol–water partition coefficient (Wildman–Crippen LogP) is 3.12. The maximum absolute atomic E-state index is 15.0. The third-order valence-electron chi connectivity index (χ3n) is 9.04. The van der Waals surface area contributed by atoms with E-state index in [1.165, 1.54) is 19.0 Å². The lowest BCUT2D eigenvalue weighted by Crippen LogP contribution is -2.65. The number of hydrogen-bond donors (Lipinski definition) is 5. The molecule has 3 aliphatic carbocycles. The SMILES string of the molecule is C.CN(C)[C@@H]1C(=O)C(C(N)=O)=C(O)[C@@]2(O)C(=O)C3=C(O)c4c(O)c(CN5CCCCC5)cc(C(F)=C(F)F)c4C[C@H]3C[C@@H]12. The first-order chi connectivity index (χ1) is 19.7. The summed E-state index contributed by atoms with van der Waals surface area (Å²) in [6.45, 7) is 1.38. The van der Waals surface area contributed by atoms with E-state index in [0.717, 1.165) is 25.3 Å². The van der Waals surface area contributed by atoms with Gasteiger partial charge in [0.2, 0.25) is 5.78 Å². The van der Waals surface area contributed by atoms with Crippen molar-refractivity contribution in [2.75, 3.05) is 27.2 Å². The highest BCUT2D eigenvalue weighted by Gasteiger charge is 2.64. The maximum atomic E-state index is 15.0. The number of ketones is 2. The van der Waals surface area contributed by atoms with Crippen LogP contribution in [0.3, 0.4) is 0 Å². The van der Waals surface area contributed by atoms with Gasteiger partial charge in [0.05, 0.1) is 11.6 Å². The number of aromatic hydroxyl groups is 1. The second-order valence-electron chi connectivity index (χ2n) is 11.7. The number of Topliss-reactive ketones (excluding diaryl/α,β-unsaturated/α-hetero) is 2. The Morgan fingerprint density at radius 1 is 1.12 bits per heavy atom. The summed E-state index contributed by atoms with van der Waals surface area (Å²) in [6.07, 6.45) is -0.403. The lowest BCUT2D eigenvalue weighted by molar-refractivity contribution is -0.153. The van der Waals surface area contributed by atoms with Crippen LogP contribution in [0.2, 0.25) is 0 Å². The van der Waals surface area contributed by atoms with Crippen LogP contribution in [-0.4, -0.2) is 86.5 Å². The number of fused-ring (bicyclic) bond motifs is 3. The van der Waals surface area contributed by atoms with Gasteiger partial charge in [-0.25, -0.2) is 4.39 Å². The first-order valence-electron chi connectivity index (χ1n) is 13.7. The fraction of sp³-hybridized carbons (Fsp3) is 0.500. The Bertz CT molecular complexity index is 1490. The number of hydrogen-bond acceptors (Lipinski definition) is 9. The summed E-state index contributed by atoms with van der Waals surface area (Å²) in [6, 6.07) is -0.182. The number of aliphatic hydroxyl groups excluding tert-OH is 2. The molecule has 1 saturated carbocycles. The van der Waals surface area contributed by atoms with E-state index in [0.29, 0.717) is 13.1 Å². The molecule has 13 heteroatoms. The molecule has 4 aliphatic rings. The Morgan fingerprint density at radius 3 is 2.30 bits per heavy atom. The van der Waals surface area contributed by atoms with Gasteiger partial charge in [0.1, 0.15) is 22.8 Å². The van der Waals surface area contributed by atoms with Crippen LogP contribution in [0.5, 0.6) is 5.75 Å². The number of nitrogens with zero attached hydrogens (tertiary/aromatic N) is 2. The number of likely N-dealkylation sites (tertiary alicyclic amines) is 1. The highest BCUT2D eigenvalue weighted by molar-refractivity contribution is 6.24. The predicted molar refractivity (Wildman–Crippen MR) is 150 cm³/mol. The molecule has 0 bridgehead atoms. The Balaban J connectivity index is 0.00000423. The van der Waals surface area contributed by atoms with E-state index in [1.54, 1.807) is 0 Å². The van der Waals surface area contributed by atoms with Crippen LogP contribution in [-0.2, 0) is 27.3 Å². The van der Waals surface area contributed by atoms with Crippen LogP contribution in [0.15, 0.2) is 29.1 Å². The number of likely N-dealkylation sites (N-methyl/N-ethyl adjacent to an activating group) is 1. The summed E-state index contributed by atoms with van der Waals surface area (Å²) in [5.74, 6) is -10.4. The minimum Gasteiger partial charge on any atom is -0.508 e. The second-order valence-corrected chi connectivity index (χ2v) is 11.7. The van der Waals surface area contributed by atoms with E-state index in [9.17, 15) is 48.0 Å². The standard InChI is InChI=1S/C29H32F3N3O7.CH4/c1-34(2)21-16-10-12-8-14-15(20(30)27(31)32)9-13(11-35-6-4-3-5-7-35)22(36)18(14)23(37)17(12)25(39)29(16,42)26(40)19(24(21)38)28(33)41;/h9,12,16,21,36-37,40,42H,3-8,10-11H2,1-2H3,(H2,33,41);1H4/t12-,16-,21-,29-;/m0./s1. The van der Waals surface area contributed by atoms with E-state index in [2.05, 4.69) is 0 Å². The highest BCUT2D eigenvalue weighted by atomic mass is 19.3. The molecule has 1 aliphatic heterocycles. The third-order valence-corrected chi connectivity index (χ3v) is 9.04. The van der Waals surface area contributed by atoms with Gasteiger partial charge in [-0.2, -0.15) is 8.78 Å². The molecule has 4 atom stereocenters. The number of carbonyl (C=O) groups excluding carboxylic acids is 3. The highest BCUT2D eigenvalue weighted by Crippen LogP contribution is 2.54. The minimum atomic E-state index is -2.84. The van der Waals surface area contributed by atoms with Crippen LogP contribution in [0.1, 0.15) is 55.4 Å². The number of carbonyl (C=O) groups is 3. The summed E-state index contributed by atoms with van der Waals surface area (Å²) in [4.78, 5) is 42.6. The van der Waals surface area contributed by atoms with Crippen LogP contribution in [0.4, 0.5) is 13.2 Å². The topological polar surface area (TPSA) is 165 Å². The number of phenolic OH excluding ortho intramolecular Hbond substituents is 1. The fourth-order valence-electron chi connectivity index (χ4n) is 7.14. The quantitative estimate of drug-likeness (QED) is 0.316. The van der Waals surface area contributed by atoms with Crippen molar-refractivity contribution in [3.8, 4) is 5.75 Å². The maximum Gasteiger partial charge on any atom is 0.306 e. The van der Waals surface area contributed by atoms with Crippen molar-refractivity contribution in [3.63, 3.8) is 0 Å². The van der Waals surface area contributed by atoms with Crippen molar-refractivity contribution in [1.82, 2.24) is 9.80 Å². The fourth-order valence-corrected chi connectivity index (χ4v) is 7.14. The largest absolute Gasteiger partial charge is 0.508 e. The van der Waals surface area contributed by atoms with Gasteiger partial charge < -0.3 is 26.2 Å². The Hall–Kier alpha value is -3.68. The molecule has 0 aromatic heterocycles. The van der Waals surface area contributed by atoms with Gasteiger partial charge in [-0.05, 0) is 70.4 Å². The van der Waals surface area contributed by atoms with Gasteiger partial charge in [0.15, 0.2) is 17.2 Å². The molecular weight excluding hydrogens is 571 g/mol. The van der Waals surface area contributed by atoms with Crippen LogP contribution < -0.4 is 5.73 Å². The number of rotatable bonds is 5. The molecule has 0 spiro atoms. The van der Waals surface area contributed by atoms with Crippen molar-refractivity contribution in [3.05, 3.63) is 51.3 Å². The van der Waals surface area contributed by atoms with Gasteiger partial charge >= 0.3 is 6.08 Å². The molecular formula is C30H36F3N3O7. The molecule has 1 heterocycles. The van der Waals surface area contributed by atoms with Crippen molar-refractivity contribution >= 4 is 29.1 Å². The molecule has 6 N–H and O–H groups in total. The number of aliphatic hydroxyl groups is 3. The molecule has 0 unspecified atom stereocenters. The normalized spacial score (nSPS) is 27.4. The van der Waals surface area contributed by atoms with E-state index in [1.807, 2.05) is 4.90 Å². The molecule has 1 amide bonds. The van der Waals surface area contributed by atoms with E-state index < -0.39 is 92.4 Å². The van der Waals surface area contributed by atoms with Crippen LogP contribution in [0, 0.1) is 11.8 Å². The van der Waals surface area contributed by atoms with Crippen LogP contribution in [0.25, 0.3) is 11.6 Å². The minimum absolute atomic E-state index is 0. The summed E-state index contributed by atoms with van der Waals surface area (Å²) < 4.78 is 42.2. The summed E-state index contributed by atoms with van der Waals surface area (Å²) >= 11 is 0. The molecule has 1 aromatic rings. The van der Waals surface area contributed by atoms with Crippen LogP contribution >= 0.6 is 0 Å². The molecule has 10 nitrogen and oxygen atoms in total. The molecule has 1 saturated heterocycles. The molecule has 43 heavy (non-hydrogen) atoms. The summed E-state index contributed by atoms with van der Waals surface area (Å²) in [5.41, 5.74) is 0.0193. The summed E-state index contributed by atoms with van der Waals surface area (Å²) in [5, 5.41) is 45.4. The number of amides is 1. The number of phenols is 1. The number of primary amides is 1. The lowest BCUT2D eigenvalue weighted by Gasteiger charge is -2.50. The molecule has 234 valence electrons. The van der Waals surface area contributed by atoms with E-state index in [4.69, 9.17) is 5.73 Å². The second kappa shape index (κ2) is 11.4. The van der Waals surface area contributed by atoms with Gasteiger partial charge in [-0.1, -0.05) is 13.8 Å².